The number of aromatic nitrogens is 7. The normalized spacial score (nSPS) is 11.2. The van der Waals surface area contributed by atoms with Crippen molar-refractivity contribution < 1.29 is 4.79 Å². The Hall–Kier alpha value is -4.92. The van der Waals surface area contributed by atoms with Crippen LogP contribution in [0.2, 0.25) is 0 Å². The summed E-state index contributed by atoms with van der Waals surface area (Å²) in [4.78, 5) is 33.7. The lowest BCUT2D eigenvalue weighted by atomic mass is 10.1. The van der Waals surface area contributed by atoms with E-state index < -0.39 is 0 Å². The van der Waals surface area contributed by atoms with Crippen LogP contribution in [0.25, 0.3) is 56.0 Å². The van der Waals surface area contributed by atoms with Gasteiger partial charge in [-0.05, 0) is 36.8 Å². The number of benzene rings is 1. The van der Waals surface area contributed by atoms with Crippen LogP contribution in [0.5, 0.6) is 0 Å². The highest BCUT2D eigenvalue weighted by Crippen LogP contribution is 2.31. The Kier molecular flexibility index (Phi) is 5.42. The van der Waals surface area contributed by atoms with Crippen LogP contribution in [0.1, 0.15) is 19.8 Å². The number of carbonyl (C=O) groups excluding carboxylic acids is 1. The Labute approximate surface area is 206 Å². The number of carbonyl (C=O) groups is 1. The summed E-state index contributed by atoms with van der Waals surface area (Å²) in [6, 6.07) is 15.6. The average molecular weight is 475 g/mol. The van der Waals surface area contributed by atoms with E-state index in [2.05, 4.69) is 30.5 Å². The molecule has 3 N–H and O–H groups in total. The quantitative estimate of drug-likeness (QED) is 0.298. The summed E-state index contributed by atoms with van der Waals surface area (Å²) < 4.78 is 0. The molecule has 0 atom stereocenters. The third-order valence-corrected chi connectivity index (χ3v) is 5.91. The first-order valence-electron chi connectivity index (χ1n) is 11.7. The van der Waals surface area contributed by atoms with Crippen molar-refractivity contribution in [1.82, 2.24) is 35.1 Å². The van der Waals surface area contributed by atoms with E-state index in [1.807, 2.05) is 61.7 Å². The number of pyridine rings is 3. The lowest BCUT2D eigenvalue weighted by Gasteiger charge is -2.06. The number of anilines is 1. The van der Waals surface area contributed by atoms with Crippen molar-refractivity contribution in [1.29, 1.82) is 0 Å². The number of fused-ring (bicyclic) bond motifs is 2. The van der Waals surface area contributed by atoms with Crippen LogP contribution in [0.15, 0.2) is 73.3 Å². The van der Waals surface area contributed by atoms with Gasteiger partial charge in [0.15, 0.2) is 11.5 Å². The number of H-pyrrole nitrogens is 2. The molecule has 9 heteroatoms. The van der Waals surface area contributed by atoms with E-state index in [1.165, 1.54) is 0 Å². The molecule has 0 unspecified atom stereocenters. The van der Waals surface area contributed by atoms with Crippen LogP contribution in [0.4, 0.5) is 5.69 Å². The molecule has 0 saturated carbocycles. The molecular weight excluding hydrogens is 452 g/mol. The van der Waals surface area contributed by atoms with E-state index >= 15 is 0 Å². The molecule has 36 heavy (non-hydrogen) atoms. The summed E-state index contributed by atoms with van der Waals surface area (Å²) in [5.74, 6) is 0.587. The number of imidazole rings is 1. The highest BCUT2D eigenvalue weighted by atomic mass is 16.1. The fourth-order valence-electron chi connectivity index (χ4n) is 4.22. The van der Waals surface area contributed by atoms with Gasteiger partial charge in [-0.25, -0.2) is 9.97 Å². The SMILES string of the molecule is CCCC(=O)Nc1cncc(-c2ccc3[nH]nc(-c4nc5c(-c6cccnc6)cccc5[nH]4)c3n2)c1. The molecule has 0 aliphatic carbocycles. The monoisotopic (exact) mass is 474 g/mol. The van der Waals surface area contributed by atoms with Gasteiger partial charge in [-0.3, -0.25) is 19.9 Å². The fraction of sp³-hybridized carbons (Fsp3) is 0.111. The zero-order valence-electron chi connectivity index (χ0n) is 19.5. The van der Waals surface area contributed by atoms with Crippen molar-refractivity contribution >= 4 is 33.7 Å². The van der Waals surface area contributed by atoms with Crippen molar-refractivity contribution in [3.05, 3.63) is 73.3 Å². The van der Waals surface area contributed by atoms with E-state index in [0.717, 1.165) is 45.4 Å². The molecule has 1 aromatic carbocycles. The summed E-state index contributed by atoms with van der Waals surface area (Å²) in [5.41, 5.74) is 7.98. The second-order valence-electron chi connectivity index (χ2n) is 8.45. The van der Waals surface area contributed by atoms with Gasteiger partial charge >= 0.3 is 0 Å². The van der Waals surface area contributed by atoms with E-state index in [1.54, 1.807) is 18.6 Å². The zero-order valence-corrected chi connectivity index (χ0v) is 19.5. The Balaban J connectivity index is 1.40. The van der Waals surface area contributed by atoms with Gasteiger partial charge < -0.3 is 10.3 Å². The number of rotatable bonds is 6. The molecule has 5 aromatic heterocycles. The first kappa shape index (κ1) is 21.6. The molecule has 0 fully saturated rings. The molecule has 1 amide bonds. The van der Waals surface area contributed by atoms with Crippen LogP contribution in [0, 0.1) is 0 Å². The van der Waals surface area contributed by atoms with Crippen LogP contribution >= 0.6 is 0 Å². The lowest BCUT2D eigenvalue weighted by Crippen LogP contribution is -2.10. The van der Waals surface area contributed by atoms with Gasteiger partial charge in [-0.1, -0.05) is 25.1 Å². The maximum absolute atomic E-state index is 12.0. The number of nitrogens with zero attached hydrogens (tertiary/aromatic N) is 5. The number of para-hydroxylation sites is 1. The van der Waals surface area contributed by atoms with Gasteiger partial charge in [-0.15, -0.1) is 0 Å². The van der Waals surface area contributed by atoms with E-state index in [-0.39, 0.29) is 5.91 Å². The summed E-state index contributed by atoms with van der Waals surface area (Å²) in [6.45, 7) is 1.97. The molecule has 0 bridgehead atoms. The standard InChI is InChI=1S/C27H22N8O/c1-2-5-23(36)30-18-12-17(14-29-15-18)20-9-10-22-25(31-20)26(35-34-22)27-32-21-8-3-7-19(24(21)33-27)16-6-4-11-28-13-16/h3-4,6-15H,2,5H2,1H3,(H,30,36)(H,32,33)(H,34,35). The third-order valence-electron chi connectivity index (χ3n) is 5.91. The van der Waals surface area contributed by atoms with Gasteiger partial charge in [0, 0.05) is 41.7 Å². The highest BCUT2D eigenvalue weighted by molar-refractivity contribution is 5.96. The molecule has 0 aliphatic heterocycles. The molecule has 0 aliphatic rings. The summed E-state index contributed by atoms with van der Waals surface area (Å²) >= 11 is 0. The Morgan fingerprint density at radius 3 is 2.69 bits per heavy atom. The average Bonchev–Trinajstić information content (AvgIpc) is 3.53. The largest absolute Gasteiger partial charge is 0.336 e. The van der Waals surface area contributed by atoms with Crippen molar-refractivity contribution in [3.8, 4) is 33.9 Å². The molecule has 0 spiro atoms. The van der Waals surface area contributed by atoms with E-state index in [4.69, 9.17) is 9.97 Å². The number of nitrogens with one attached hydrogen (secondary N) is 3. The van der Waals surface area contributed by atoms with Crippen LogP contribution in [-0.4, -0.2) is 41.0 Å². The predicted molar refractivity (Wildman–Crippen MR) is 139 cm³/mol. The number of amides is 1. The van der Waals surface area contributed by atoms with Crippen molar-refractivity contribution in [2.75, 3.05) is 5.32 Å². The minimum atomic E-state index is -0.0347. The smallest absolute Gasteiger partial charge is 0.224 e. The topological polar surface area (TPSA) is 125 Å². The highest BCUT2D eigenvalue weighted by Gasteiger charge is 2.17. The molecule has 0 saturated heterocycles. The predicted octanol–water partition coefficient (Wildman–Crippen LogP) is 5.36. The van der Waals surface area contributed by atoms with Crippen LogP contribution < -0.4 is 5.32 Å². The van der Waals surface area contributed by atoms with Gasteiger partial charge in [0.05, 0.1) is 34.1 Å². The Morgan fingerprint density at radius 1 is 0.917 bits per heavy atom. The van der Waals surface area contributed by atoms with E-state index in [0.29, 0.717) is 29.1 Å². The molecule has 6 rings (SSSR count). The van der Waals surface area contributed by atoms with Gasteiger partial charge in [0.1, 0.15) is 5.52 Å². The third kappa shape index (κ3) is 3.96. The van der Waals surface area contributed by atoms with Crippen LogP contribution in [0.3, 0.4) is 0 Å². The van der Waals surface area contributed by atoms with Gasteiger partial charge in [0.2, 0.25) is 5.91 Å². The minimum absolute atomic E-state index is 0.0347. The maximum Gasteiger partial charge on any atom is 0.224 e. The van der Waals surface area contributed by atoms with Crippen molar-refractivity contribution in [2.45, 2.75) is 19.8 Å². The fourth-order valence-corrected chi connectivity index (χ4v) is 4.22. The number of hydrogen-bond donors (Lipinski definition) is 3. The second-order valence-corrected chi connectivity index (χ2v) is 8.45. The molecule has 176 valence electrons. The van der Waals surface area contributed by atoms with Crippen molar-refractivity contribution in [2.24, 2.45) is 0 Å². The molecule has 9 nitrogen and oxygen atoms in total. The zero-order chi connectivity index (χ0) is 24.5. The summed E-state index contributed by atoms with van der Waals surface area (Å²) in [5, 5.41) is 10.5. The Bertz CT molecular complexity index is 1700. The summed E-state index contributed by atoms with van der Waals surface area (Å²) in [7, 11) is 0. The first-order valence-corrected chi connectivity index (χ1v) is 11.7. The number of aromatic amines is 2. The molecular formula is C27H22N8O. The molecule has 6 aromatic rings. The Morgan fingerprint density at radius 2 is 1.83 bits per heavy atom. The van der Waals surface area contributed by atoms with Crippen molar-refractivity contribution in [3.63, 3.8) is 0 Å². The molecule has 5 heterocycles. The van der Waals surface area contributed by atoms with Crippen LogP contribution in [-0.2, 0) is 4.79 Å². The number of hydrogen-bond acceptors (Lipinski definition) is 6. The molecule has 0 radical (unpaired) electrons. The minimum Gasteiger partial charge on any atom is -0.336 e. The van der Waals surface area contributed by atoms with E-state index in [9.17, 15) is 4.79 Å². The second kappa shape index (κ2) is 9.03. The maximum atomic E-state index is 12.0. The lowest BCUT2D eigenvalue weighted by molar-refractivity contribution is -0.116. The van der Waals surface area contributed by atoms with Gasteiger partial charge in [0.25, 0.3) is 0 Å². The summed E-state index contributed by atoms with van der Waals surface area (Å²) in [6.07, 6.45) is 8.19. The van der Waals surface area contributed by atoms with Gasteiger partial charge in [-0.2, -0.15) is 5.10 Å². The first-order chi connectivity index (χ1) is 17.7.